The minimum atomic E-state index is 0.481. The summed E-state index contributed by atoms with van der Waals surface area (Å²) in [7, 11) is 1.91. The first-order valence-electron chi connectivity index (χ1n) is 3.64. The molecule has 2 heteroatoms. The number of aromatic nitrogens is 2. The molecule has 0 aromatic carbocycles. The number of fused-ring (bicyclic) bond motifs is 1. The van der Waals surface area contributed by atoms with Crippen LogP contribution in [0.5, 0.6) is 0 Å². The number of rotatable bonds is 0. The highest BCUT2D eigenvalue weighted by molar-refractivity contribution is 5.59. The van der Waals surface area contributed by atoms with Crippen molar-refractivity contribution in [2.45, 2.75) is 0 Å². The van der Waals surface area contributed by atoms with Crippen LogP contribution in [0.4, 0.5) is 0 Å². The van der Waals surface area contributed by atoms with Crippen molar-refractivity contribution in [2.24, 2.45) is 7.05 Å². The molecule has 0 radical (unpaired) electrons. The Balaban J connectivity index is 2.79. The van der Waals surface area contributed by atoms with Gasteiger partial charge in [-0.25, -0.2) is 0 Å². The van der Waals surface area contributed by atoms with Gasteiger partial charge >= 0.3 is 0 Å². The monoisotopic (exact) mass is 133 g/mol. The van der Waals surface area contributed by atoms with E-state index < -0.39 is 0 Å². The normalized spacial score (nSPS) is 11.9. The topological polar surface area (TPSA) is 17.8 Å². The first kappa shape index (κ1) is 4.50. The Labute approximate surface area is 60.9 Å². The van der Waals surface area contributed by atoms with Gasteiger partial charge in [-0.2, -0.15) is 0 Å². The number of aryl methyl sites for hydroxylation is 1. The van der Waals surface area contributed by atoms with Crippen molar-refractivity contribution in [3.63, 3.8) is 0 Å². The van der Waals surface area contributed by atoms with Gasteiger partial charge in [0.2, 0.25) is 0 Å². The summed E-state index contributed by atoms with van der Waals surface area (Å²) in [4.78, 5) is 4.06. The SMILES string of the molecule is [2H]c1cn(C)cc2ccnc1-2. The number of pyridine rings is 1. The maximum atomic E-state index is 7.54. The highest BCUT2D eigenvalue weighted by Crippen LogP contribution is 2.17. The summed E-state index contributed by atoms with van der Waals surface area (Å²) in [5, 5.41) is 0. The fourth-order valence-electron chi connectivity index (χ4n) is 0.990. The molecule has 2 aliphatic rings. The molecule has 2 heterocycles. The lowest BCUT2D eigenvalue weighted by molar-refractivity contribution is 0.904. The van der Waals surface area contributed by atoms with Gasteiger partial charge in [0, 0.05) is 31.2 Å². The number of nitrogens with zero attached hydrogens (tertiary/aromatic N) is 2. The van der Waals surface area contributed by atoms with Crippen molar-refractivity contribution < 1.29 is 1.37 Å². The lowest BCUT2D eigenvalue weighted by Crippen LogP contribution is -1.89. The number of hydrogen-bond acceptors (Lipinski definition) is 1. The van der Waals surface area contributed by atoms with Gasteiger partial charge < -0.3 is 4.57 Å². The summed E-state index contributed by atoms with van der Waals surface area (Å²) in [6.45, 7) is 0. The fourth-order valence-corrected chi connectivity index (χ4v) is 0.990. The summed E-state index contributed by atoms with van der Waals surface area (Å²) in [5.41, 5.74) is 1.81. The van der Waals surface area contributed by atoms with Crippen LogP contribution in [0.3, 0.4) is 0 Å². The van der Waals surface area contributed by atoms with E-state index in [1.54, 1.807) is 12.4 Å². The van der Waals surface area contributed by atoms with E-state index in [0.717, 1.165) is 11.3 Å². The van der Waals surface area contributed by atoms with Crippen LogP contribution >= 0.6 is 0 Å². The molecule has 0 aromatic rings. The van der Waals surface area contributed by atoms with Gasteiger partial charge in [0.05, 0.1) is 7.06 Å². The molecule has 2 aliphatic heterocycles. The summed E-state index contributed by atoms with van der Waals surface area (Å²) in [5.74, 6) is 0. The zero-order chi connectivity index (χ0) is 7.84. The Bertz CT molecular complexity index is 353. The van der Waals surface area contributed by atoms with Crippen molar-refractivity contribution in [3.05, 3.63) is 30.7 Å². The van der Waals surface area contributed by atoms with Gasteiger partial charge in [0.1, 0.15) is 0 Å². The van der Waals surface area contributed by atoms with Crippen molar-refractivity contribution in [1.29, 1.82) is 0 Å². The summed E-state index contributed by atoms with van der Waals surface area (Å²) >= 11 is 0. The van der Waals surface area contributed by atoms with Crippen LogP contribution in [0.1, 0.15) is 1.37 Å². The third-order valence-corrected chi connectivity index (χ3v) is 1.48. The minimum Gasteiger partial charge on any atom is -0.357 e. The van der Waals surface area contributed by atoms with E-state index in [-0.39, 0.29) is 0 Å². The standard InChI is InChI=1S/C8H8N2/c1-10-5-3-8-7(6-10)2-4-9-8/h2-6H,1H3/i3D. The Morgan fingerprint density at radius 1 is 1.70 bits per heavy atom. The van der Waals surface area contributed by atoms with Crippen LogP contribution in [0.15, 0.2) is 30.7 Å². The minimum absolute atomic E-state index is 0.481. The number of hydrogen-bond donors (Lipinski definition) is 0. The van der Waals surface area contributed by atoms with Crippen LogP contribution in [-0.4, -0.2) is 9.55 Å². The smallest absolute Gasteiger partial charge is 0.0731 e. The van der Waals surface area contributed by atoms with E-state index in [4.69, 9.17) is 1.37 Å². The quantitative estimate of drug-likeness (QED) is 0.532. The van der Waals surface area contributed by atoms with Crippen LogP contribution in [0.25, 0.3) is 11.3 Å². The van der Waals surface area contributed by atoms with E-state index in [1.165, 1.54) is 0 Å². The largest absolute Gasteiger partial charge is 0.357 e. The van der Waals surface area contributed by atoms with Gasteiger partial charge in [0.15, 0.2) is 0 Å². The van der Waals surface area contributed by atoms with Crippen molar-refractivity contribution in [3.8, 4) is 11.3 Å². The van der Waals surface area contributed by atoms with Crippen LogP contribution in [0.2, 0.25) is 0 Å². The molecule has 0 bridgehead atoms. The molecule has 0 saturated carbocycles. The molecular weight excluding hydrogens is 124 g/mol. The van der Waals surface area contributed by atoms with E-state index in [2.05, 4.69) is 4.98 Å². The molecule has 0 spiro atoms. The molecule has 50 valence electrons. The molecule has 0 N–H and O–H groups in total. The molecule has 0 amide bonds. The highest BCUT2D eigenvalue weighted by Gasteiger charge is 1.99. The average Bonchev–Trinajstić information content (AvgIpc) is 2.34. The average molecular weight is 133 g/mol. The second-order valence-electron chi connectivity index (χ2n) is 2.32. The first-order valence-corrected chi connectivity index (χ1v) is 3.14. The Morgan fingerprint density at radius 3 is 3.50 bits per heavy atom. The van der Waals surface area contributed by atoms with Crippen molar-refractivity contribution >= 4 is 0 Å². The molecule has 2 rings (SSSR count). The molecule has 0 atom stereocenters. The zero-order valence-corrected chi connectivity index (χ0v) is 5.70. The van der Waals surface area contributed by atoms with E-state index in [9.17, 15) is 0 Å². The van der Waals surface area contributed by atoms with Crippen molar-refractivity contribution in [1.82, 2.24) is 9.55 Å². The Hall–Kier alpha value is -1.31. The van der Waals surface area contributed by atoms with Gasteiger partial charge in [-0.1, -0.05) is 0 Å². The molecule has 0 aliphatic carbocycles. The zero-order valence-electron chi connectivity index (χ0n) is 6.70. The first-order chi connectivity index (χ1) is 5.27. The Morgan fingerprint density at radius 2 is 2.60 bits per heavy atom. The van der Waals surface area contributed by atoms with Crippen LogP contribution < -0.4 is 0 Å². The summed E-state index contributed by atoms with van der Waals surface area (Å²) in [6, 6.07) is 2.39. The van der Waals surface area contributed by atoms with Crippen LogP contribution in [0, 0.1) is 0 Å². The van der Waals surface area contributed by atoms with Gasteiger partial charge in [-0.3, -0.25) is 4.98 Å². The molecule has 0 unspecified atom stereocenters. The van der Waals surface area contributed by atoms with Crippen LogP contribution in [-0.2, 0) is 7.05 Å². The molecular formula is C8H8N2. The third-order valence-electron chi connectivity index (χ3n) is 1.48. The third kappa shape index (κ3) is 0.692. The molecule has 0 saturated heterocycles. The van der Waals surface area contributed by atoms with Gasteiger partial charge in [0.25, 0.3) is 0 Å². The second kappa shape index (κ2) is 1.84. The molecule has 2 nitrogen and oxygen atoms in total. The fraction of sp³-hybridized carbons (Fsp3) is 0.125. The molecule has 0 aromatic heterocycles. The van der Waals surface area contributed by atoms with E-state index in [0.29, 0.717) is 6.04 Å². The van der Waals surface area contributed by atoms with Gasteiger partial charge in [-0.15, -0.1) is 0 Å². The van der Waals surface area contributed by atoms with E-state index >= 15 is 0 Å². The predicted octanol–water partition coefficient (Wildman–Crippen LogP) is 1.52. The highest BCUT2D eigenvalue weighted by atomic mass is 14.9. The maximum absolute atomic E-state index is 7.54. The van der Waals surface area contributed by atoms with Crippen molar-refractivity contribution in [2.75, 3.05) is 0 Å². The lowest BCUT2D eigenvalue weighted by atomic mass is 10.2. The second-order valence-corrected chi connectivity index (χ2v) is 2.32. The molecule has 0 fully saturated rings. The lowest BCUT2D eigenvalue weighted by Gasteiger charge is -1.99. The molecule has 10 heavy (non-hydrogen) atoms. The summed E-state index contributed by atoms with van der Waals surface area (Å²) < 4.78 is 9.41. The summed E-state index contributed by atoms with van der Waals surface area (Å²) in [6.07, 6.45) is 5.43. The van der Waals surface area contributed by atoms with E-state index in [1.807, 2.05) is 23.9 Å². The maximum Gasteiger partial charge on any atom is 0.0731 e. The van der Waals surface area contributed by atoms with Gasteiger partial charge in [-0.05, 0) is 12.1 Å². The Kier molecular flexibility index (Phi) is 0.826. The predicted molar refractivity (Wildman–Crippen MR) is 39.8 cm³/mol.